The minimum absolute atomic E-state index is 0.224. The Morgan fingerprint density at radius 1 is 0.474 bits per heavy atom. The standard InChI is InChI=1S/2C20H25P.C6H11NO.C6H10O/c2*1-16(2)19-14-9-15-20(19)21(17-10-5-3-6-11-17)18-12-7-4-8-13-18;8-7-5-6-3-1-2-4-6;7-5-6-3-1-2-4-6/h2*3-8,10-13,16,19-20H,9,14-15H2,1-2H3;5-6,8H,1-4H2;5-6H,1-4H2/b;;7-5-;. The van der Waals surface area contributed by atoms with E-state index in [-0.39, 0.29) is 15.8 Å². The smallest absolute Gasteiger partial charge is 0.123 e. The van der Waals surface area contributed by atoms with E-state index in [0.717, 1.165) is 54.1 Å². The van der Waals surface area contributed by atoms with Gasteiger partial charge >= 0.3 is 0 Å². The van der Waals surface area contributed by atoms with Crippen LogP contribution in [0.2, 0.25) is 0 Å². The van der Waals surface area contributed by atoms with Gasteiger partial charge in [-0.05, 0) is 129 Å². The average Bonchev–Trinajstić information content (AvgIpc) is 4.10. The lowest BCUT2D eigenvalue weighted by Crippen LogP contribution is -2.27. The van der Waals surface area contributed by atoms with Crippen molar-refractivity contribution in [2.45, 2.75) is 129 Å². The Bertz CT molecular complexity index is 1490. The van der Waals surface area contributed by atoms with Crippen molar-refractivity contribution in [3.63, 3.8) is 0 Å². The fourth-order valence-corrected chi connectivity index (χ4v) is 16.6. The van der Waals surface area contributed by atoms with E-state index in [4.69, 9.17) is 5.21 Å². The second-order valence-electron chi connectivity index (χ2n) is 17.4. The minimum Gasteiger partial charge on any atom is -0.411 e. The molecule has 1 N–H and O–H groups in total. The van der Waals surface area contributed by atoms with Gasteiger partial charge in [0.2, 0.25) is 0 Å². The molecule has 4 aromatic rings. The monoisotopic (exact) mass is 803 g/mol. The zero-order valence-corrected chi connectivity index (χ0v) is 37.2. The van der Waals surface area contributed by atoms with Gasteiger partial charge in [0.1, 0.15) is 6.29 Å². The molecule has 4 fully saturated rings. The SMILES string of the molecule is CC(C)C1CCCC1P(c1ccccc1)c1ccccc1.CC(C)C1CCCC1P(c1ccccc1)c1ccccc1.O/N=C\C1CCCC1.O=CC1CCCC1. The van der Waals surface area contributed by atoms with Crippen molar-refractivity contribution in [3.8, 4) is 0 Å². The molecule has 4 aliphatic rings. The molecule has 0 bridgehead atoms. The highest BCUT2D eigenvalue weighted by atomic mass is 31.1. The summed E-state index contributed by atoms with van der Waals surface area (Å²) < 4.78 is 0. The summed E-state index contributed by atoms with van der Waals surface area (Å²) in [5.41, 5.74) is 1.70. The molecule has 3 nitrogen and oxygen atoms in total. The van der Waals surface area contributed by atoms with Gasteiger partial charge in [-0.25, -0.2) is 0 Å². The first-order chi connectivity index (χ1) is 27.9. The lowest BCUT2D eigenvalue weighted by molar-refractivity contribution is -0.110. The van der Waals surface area contributed by atoms with Crippen molar-refractivity contribution in [2.75, 3.05) is 0 Å². The molecule has 57 heavy (non-hydrogen) atoms. The first kappa shape index (κ1) is 45.0. The van der Waals surface area contributed by atoms with Gasteiger partial charge in [-0.15, -0.1) is 5.16 Å². The molecule has 0 aromatic heterocycles. The summed E-state index contributed by atoms with van der Waals surface area (Å²) in [4.78, 5) is 10.0. The number of oxime groups is 1. The van der Waals surface area contributed by atoms with Crippen LogP contribution in [0.5, 0.6) is 0 Å². The third kappa shape index (κ3) is 13.7. The Hall–Kier alpha value is -3.12. The van der Waals surface area contributed by atoms with Crippen LogP contribution in [0.25, 0.3) is 0 Å². The van der Waals surface area contributed by atoms with Crippen molar-refractivity contribution in [1.82, 2.24) is 0 Å². The van der Waals surface area contributed by atoms with E-state index in [0.29, 0.717) is 11.8 Å². The summed E-state index contributed by atoms with van der Waals surface area (Å²) in [5, 5.41) is 17.3. The number of carbonyl (C=O) groups is 1. The van der Waals surface area contributed by atoms with Gasteiger partial charge in [0.25, 0.3) is 0 Å². The van der Waals surface area contributed by atoms with Gasteiger partial charge in [0, 0.05) is 12.1 Å². The summed E-state index contributed by atoms with van der Waals surface area (Å²) in [6, 6.07) is 44.9. The molecule has 306 valence electrons. The van der Waals surface area contributed by atoms with Gasteiger partial charge in [0.05, 0.1) is 0 Å². The molecule has 4 saturated carbocycles. The van der Waals surface area contributed by atoms with Crippen molar-refractivity contribution >= 4 is 49.6 Å². The Kier molecular flexibility index (Phi) is 19.5. The molecule has 5 heteroatoms. The molecule has 0 spiro atoms. The number of nitrogens with zero attached hydrogens (tertiary/aromatic N) is 1. The highest BCUT2D eigenvalue weighted by Gasteiger charge is 2.37. The number of rotatable bonds is 10. The van der Waals surface area contributed by atoms with E-state index in [1.807, 2.05) is 0 Å². The summed E-state index contributed by atoms with van der Waals surface area (Å²) >= 11 is 0. The van der Waals surface area contributed by atoms with E-state index in [1.165, 1.54) is 77.0 Å². The molecule has 0 aliphatic heterocycles. The molecule has 0 radical (unpaired) electrons. The first-order valence-electron chi connectivity index (χ1n) is 22.3. The summed E-state index contributed by atoms with van der Waals surface area (Å²) in [6.07, 6.45) is 21.0. The van der Waals surface area contributed by atoms with Crippen LogP contribution in [-0.4, -0.2) is 29.0 Å². The van der Waals surface area contributed by atoms with Crippen LogP contribution in [0.3, 0.4) is 0 Å². The van der Waals surface area contributed by atoms with Crippen LogP contribution in [0.1, 0.15) is 118 Å². The molecule has 8 rings (SSSR count). The van der Waals surface area contributed by atoms with Crippen LogP contribution in [0, 0.1) is 35.5 Å². The molecule has 4 aromatic carbocycles. The van der Waals surface area contributed by atoms with Crippen molar-refractivity contribution in [2.24, 2.45) is 40.7 Å². The van der Waals surface area contributed by atoms with Crippen molar-refractivity contribution in [3.05, 3.63) is 121 Å². The maximum Gasteiger partial charge on any atom is 0.123 e. The zero-order chi connectivity index (χ0) is 40.2. The van der Waals surface area contributed by atoms with E-state index in [9.17, 15) is 4.79 Å². The summed E-state index contributed by atoms with van der Waals surface area (Å²) in [5.74, 6) is 4.36. The fourth-order valence-electron chi connectivity index (χ4n) is 9.85. The van der Waals surface area contributed by atoms with E-state index < -0.39 is 0 Å². The predicted octanol–water partition coefficient (Wildman–Crippen LogP) is 12.9. The van der Waals surface area contributed by atoms with Gasteiger partial charge in [-0.3, -0.25) is 0 Å². The molecule has 4 atom stereocenters. The molecular formula is C52H71NO2P2. The molecule has 0 heterocycles. The normalized spacial score (nSPS) is 22.3. The second-order valence-corrected chi connectivity index (χ2v) is 22.3. The lowest BCUT2D eigenvalue weighted by Gasteiger charge is -2.32. The minimum atomic E-state index is -0.224. The average molecular weight is 804 g/mol. The Morgan fingerprint density at radius 3 is 1.05 bits per heavy atom. The molecule has 4 aliphatic carbocycles. The zero-order valence-electron chi connectivity index (χ0n) is 35.4. The first-order valence-corrected chi connectivity index (χ1v) is 25.1. The molecular weight excluding hydrogens is 733 g/mol. The predicted molar refractivity (Wildman–Crippen MR) is 250 cm³/mol. The number of hydrogen-bond donors (Lipinski definition) is 1. The Labute approximate surface area is 349 Å². The number of benzene rings is 4. The van der Waals surface area contributed by atoms with E-state index in [2.05, 4.69) is 154 Å². The highest BCUT2D eigenvalue weighted by Crippen LogP contribution is 2.53. The molecule has 0 saturated heterocycles. The number of carbonyl (C=O) groups excluding carboxylic acids is 1. The van der Waals surface area contributed by atoms with Crippen LogP contribution >= 0.6 is 15.8 Å². The topological polar surface area (TPSA) is 49.7 Å². The van der Waals surface area contributed by atoms with Crippen LogP contribution in [-0.2, 0) is 4.79 Å². The number of aldehydes is 1. The summed E-state index contributed by atoms with van der Waals surface area (Å²) in [7, 11) is -0.448. The van der Waals surface area contributed by atoms with Crippen LogP contribution < -0.4 is 21.2 Å². The number of hydrogen-bond acceptors (Lipinski definition) is 3. The quantitative estimate of drug-likeness (QED) is 0.0571. The van der Waals surface area contributed by atoms with Crippen molar-refractivity contribution < 1.29 is 10.0 Å². The second kappa shape index (κ2) is 24.7. The van der Waals surface area contributed by atoms with Gasteiger partial charge in [-0.2, -0.15) is 0 Å². The van der Waals surface area contributed by atoms with Gasteiger partial charge < -0.3 is 10.0 Å². The van der Waals surface area contributed by atoms with Gasteiger partial charge in [0.15, 0.2) is 0 Å². The lowest BCUT2D eigenvalue weighted by atomic mass is 9.94. The highest BCUT2D eigenvalue weighted by molar-refractivity contribution is 7.74. The van der Waals surface area contributed by atoms with Crippen LogP contribution in [0.15, 0.2) is 126 Å². The molecule has 4 unspecified atom stereocenters. The van der Waals surface area contributed by atoms with E-state index >= 15 is 0 Å². The van der Waals surface area contributed by atoms with Gasteiger partial charge in [-0.1, -0.05) is 188 Å². The third-order valence-electron chi connectivity index (χ3n) is 12.8. The maximum atomic E-state index is 10.0. The van der Waals surface area contributed by atoms with Crippen LogP contribution in [0.4, 0.5) is 0 Å². The van der Waals surface area contributed by atoms with E-state index in [1.54, 1.807) is 27.4 Å². The largest absolute Gasteiger partial charge is 0.411 e. The maximum absolute atomic E-state index is 10.0. The van der Waals surface area contributed by atoms with Crippen molar-refractivity contribution in [1.29, 1.82) is 0 Å². The Morgan fingerprint density at radius 2 is 0.789 bits per heavy atom. The third-order valence-corrected chi connectivity index (χ3v) is 18.9. The summed E-state index contributed by atoms with van der Waals surface area (Å²) in [6.45, 7) is 9.64. The molecule has 0 amide bonds. The fraction of sp³-hybridized carbons (Fsp3) is 0.500. The Balaban J connectivity index is 0.000000161.